The van der Waals surface area contributed by atoms with Crippen molar-refractivity contribution in [3.63, 3.8) is 0 Å². The van der Waals surface area contributed by atoms with Crippen molar-refractivity contribution in [2.45, 2.75) is 13.8 Å². The molecule has 0 aliphatic heterocycles. The van der Waals surface area contributed by atoms with Crippen LogP contribution in [-0.4, -0.2) is 19.6 Å². The number of rotatable bonds is 6. The molecule has 0 radical (unpaired) electrons. The first kappa shape index (κ1) is 16.6. The zero-order chi connectivity index (χ0) is 16.7. The van der Waals surface area contributed by atoms with E-state index in [1.165, 1.54) is 6.08 Å². The summed E-state index contributed by atoms with van der Waals surface area (Å²) in [6.07, 6.45) is 3.23. The quantitative estimate of drug-likeness (QED) is 0.819. The van der Waals surface area contributed by atoms with Gasteiger partial charge in [0.2, 0.25) is 5.91 Å². The number of carbonyl (C=O) groups is 1. The molecule has 23 heavy (non-hydrogen) atoms. The number of carbonyl (C=O) groups excluding carboxylic acids is 1. The Hall–Kier alpha value is -2.75. The number of para-hydroxylation sites is 2. The molecule has 2 aromatic carbocycles. The summed E-state index contributed by atoms with van der Waals surface area (Å²) in [6.45, 7) is 4.45. The smallest absolute Gasteiger partial charge is 0.248 e. The van der Waals surface area contributed by atoms with Crippen molar-refractivity contribution in [1.82, 2.24) is 0 Å². The van der Waals surface area contributed by atoms with Crippen molar-refractivity contribution in [3.05, 3.63) is 59.7 Å². The van der Waals surface area contributed by atoms with Crippen molar-refractivity contribution in [1.29, 1.82) is 0 Å². The molecule has 0 aromatic heterocycles. The van der Waals surface area contributed by atoms with Crippen LogP contribution >= 0.6 is 0 Å². The molecule has 2 aromatic rings. The van der Waals surface area contributed by atoms with Crippen molar-refractivity contribution in [2.24, 2.45) is 0 Å². The Morgan fingerprint density at radius 3 is 2.70 bits per heavy atom. The van der Waals surface area contributed by atoms with Gasteiger partial charge < -0.3 is 14.8 Å². The number of aryl methyl sites for hydroxylation is 1. The molecule has 0 bridgehead atoms. The van der Waals surface area contributed by atoms with Crippen LogP contribution in [0.4, 0.5) is 5.69 Å². The van der Waals surface area contributed by atoms with Crippen LogP contribution in [0.1, 0.15) is 18.1 Å². The molecule has 0 aliphatic carbocycles. The molecule has 0 unspecified atom stereocenters. The highest BCUT2D eigenvalue weighted by atomic mass is 16.5. The molecule has 0 aliphatic rings. The Kier molecular flexibility index (Phi) is 5.80. The predicted octanol–water partition coefficient (Wildman–Crippen LogP) is 4.05. The molecule has 4 heteroatoms. The van der Waals surface area contributed by atoms with Gasteiger partial charge in [-0.2, -0.15) is 0 Å². The predicted molar refractivity (Wildman–Crippen MR) is 93.0 cm³/mol. The number of ether oxygens (including phenoxy) is 2. The Morgan fingerprint density at radius 1 is 1.17 bits per heavy atom. The lowest BCUT2D eigenvalue weighted by atomic mass is 10.1. The lowest BCUT2D eigenvalue weighted by Gasteiger charge is -2.10. The summed E-state index contributed by atoms with van der Waals surface area (Å²) < 4.78 is 10.8. The average molecular weight is 311 g/mol. The van der Waals surface area contributed by atoms with Crippen LogP contribution in [0, 0.1) is 6.92 Å². The third-order valence-corrected chi connectivity index (χ3v) is 3.24. The van der Waals surface area contributed by atoms with E-state index in [0.717, 1.165) is 16.9 Å². The fourth-order valence-corrected chi connectivity index (χ4v) is 2.18. The molecule has 0 spiro atoms. The van der Waals surface area contributed by atoms with E-state index in [2.05, 4.69) is 5.32 Å². The van der Waals surface area contributed by atoms with E-state index in [4.69, 9.17) is 9.47 Å². The molecule has 1 N–H and O–H groups in total. The zero-order valence-corrected chi connectivity index (χ0v) is 13.6. The average Bonchev–Trinajstić information content (AvgIpc) is 2.55. The number of hydrogen-bond donors (Lipinski definition) is 1. The van der Waals surface area contributed by atoms with Gasteiger partial charge in [-0.05, 0) is 44.2 Å². The van der Waals surface area contributed by atoms with E-state index >= 15 is 0 Å². The van der Waals surface area contributed by atoms with E-state index in [0.29, 0.717) is 18.0 Å². The minimum Gasteiger partial charge on any atom is -0.496 e. The molecule has 0 heterocycles. The fourth-order valence-electron chi connectivity index (χ4n) is 2.18. The van der Waals surface area contributed by atoms with Crippen LogP contribution in [-0.2, 0) is 4.79 Å². The molecule has 0 saturated heterocycles. The summed E-state index contributed by atoms with van der Waals surface area (Å²) >= 11 is 0. The Labute approximate surface area is 136 Å². The van der Waals surface area contributed by atoms with Gasteiger partial charge in [0.05, 0.1) is 19.4 Å². The number of methoxy groups -OCH3 is 1. The van der Waals surface area contributed by atoms with Gasteiger partial charge in [-0.15, -0.1) is 0 Å². The summed E-state index contributed by atoms with van der Waals surface area (Å²) in [5.41, 5.74) is 2.62. The van der Waals surface area contributed by atoms with E-state index in [9.17, 15) is 4.79 Å². The molecular formula is C19H21NO3. The molecule has 1 amide bonds. The van der Waals surface area contributed by atoms with E-state index in [-0.39, 0.29) is 5.91 Å². The second kappa shape index (κ2) is 8.03. The number of benzene rings is 2. The monoisotopic (exact) mass is 311 g/mol. The van der Waals surface area contributed by atoms with Crippen LogP contribution < -0.4 is 14.8 Å². The Morgan fingerprint density at radius 2 is 1.96 bits per heavy atom. The molecule has 4 nitrogen and oxygen atoms in total. The SMILES string of the molecule is CCOc1ccccc1NC(=O)/C=C/c1cc(C)ccc1OC. The van der Waals surface area contributed by atoms with Crippen LogP contribution in [0.2, 0.25) is 0 Å². The minimum atomic E-state index is -0.222. The molecule has 120 valence electrons. The van der Waals surface area contributed by atoms with Gasteiger partial charge in [0.1, 0.15) is 11.5 Å². The van der Waals surface area contributed by atoms with Gasteiger partial charge in [-0.3, -0.25) is 4.79 Å². The molecule has 0 fully saturated rings. The summed E-state index contributed by atoms with van der Waals surface area (Å²) in [5, 5.41) is 2.83. The highest BCUT2D eigenvalue weighted by Crippen LogP contribution is 2.24. The summed E-state index contributed by atoms with van der Waals surface area (Å²) in [5.74, 6) is 1.17. The number of anilines is 1. The third-order valence-electron chi connectivity index (χ3n) is 3.24. The minimum absolute atomic E-state index is 0.222. The van der Waals surface area contributed by atoms with E-state index in [1.54, 1.807) is 13.2 Å². The van der Waals surface area contributed by atoms with Gasteiger partial charge in [0.15, 0.2) is 0 Å². The normalized spacial score (nSPS) is 10.6. The third kappa shape index (κ3) is 4.61. The summed E-state index contributed by atoms with van der Waals surface area (Å²) in [4.78, 5) is 12.1. The standard InChI is InChI=1S/C19H21NO3/c1-4-23-18-8-6-5-7-16(18)20-19(21)12-10-15-13-14(2)9-11-17(15)22-3/h5-13H,4H2,1-3H3,(H,20,21)/b12-10+. The molecule has 0 atom stereocenters. The number of hydrogen-bond acceptors (Lipinski definition) is 3. The van der Waals surface area contributed by atoms with Gasteiger partial charge >= 0.3 is 0 Å². The van der Waals surface area contributed by atoms with Gasteiger partial charge in [-0.1, -0.05) is 23.8 Å². The maximum atomic E-state index is 12.1. The van der Waals surface area contributed by atoms with Crippen molar-refractivity contribution < 1.29 is 14.3 Å². The first-order valence-electron chi connectivity index (χ1n) is 7.49. The first-order valence-corrected chi connectivity index (χ1v) is 7.49. The number of nitrogens with one attached hydrogen (secondary N) is 1. The van der Waals surface area contributed by atoms with Crippen molar-refractivity contribution in [3.8, 4) is 11.5 Å². The Balaban J connectivity index is 2.12. The number of amides is 1. The van der Waals surface area contributed by atoms with E-state index < -0.39 is 0 Å². The van der Waals surface area contributed by atoms with Crippen LogP contribution in [0.3, 0.4) is 0 Å². The summed E-state index contributed by atoms with van der Waals surface area (Å²) in [7, 11) is 1.61. The molecule has 0 saturated carbocycles. The van der Waals surface area contributed by atoms with Crippen LogP contribution in [0.15, 0.2) is 48.5 Å². The fraction of sp³-hybridized carbons (Fsp3) is 0.211. The lowest BCUT2D eigenvalue weighted by molar-refractivity contribution is -0.111. The lowest BCUT2D eigenvalue weighted by Crippen LogP contribution is -2.09. The second-order valence-electron chi connectivity index (χ2n) is 5.00. The maximum Gasteiger partial charge on any atom is 0.248 e. The highest BCUT2D eigenvalue weighted by molar-refractivity contribution is 6.02. The molecular weight excluding hydrogens is 290 g/mol. The maximum absolute atomic E-state index is 12.1. The van der Waals surface area contributed by atoms with Crippen molar-refractivity contribution >= 4 is 17.7 Å². The van der Waals surface area contributed by atoms with Crippen molar-refractivity contribution in [2.75, 3.05) is 19.0 Å². The highest BCUT2D eigenvalue weighted by Gasteiger charge is 2.05. The first-order chi connectivity index (χ1) is 11.1. The Bertz CT molecular complexity index is 708. The largest absolute Gasteiger partial charge is 0.496 e. The van der Waals surface area contributed by atoms with Crippen LogP contribution in [0.5, 0.6) is 11.5 Å². The zero-order valence-electron chi connectivity index (χ0n) is 13.6. The second-order valence-corrected chi connectivity index (χ2v) is 5.00. The molecule has 2 rings (SSSR count). The van der Waals surface area contributed by atoms with E-state index in [1.807, 2.05) is 56.3 Å². The van der Waals surface area contributed by atoms with Gasteiger partial charge in [-0.25, -0.2) is 0 Å². The van der Waals surface area contributed by atoms with Gasteiger partial charge in [0.25, 0.3) is 0 Å². The summed E-state index contributed by atoms with van der Waals surface area (Å²) in [6, 6.07) is 13.2. The van der Waals surface area contributed by atoms with Gasteiger partial charge in [0, 0.05) is 11.6 Å². The van der Waals surface area contributed by atoms with Crippen LogP contribution in [0.25, 0.3) is 6.08 Å². The topological polar surface area (TPSA) is 47.6 Å².